The Kier molecular flexibility index (Phi) is 4.37. The number of aromatic nitrogens is 4. The number of hydrogen-bond acceptors (Lipinski definition) is 6. The summed E-state index contributed by atoms with van der Waals surface area (Å²) in [6, 6.07) is 2.69. The normalized spacial score (nSPS) is 16.1. The van der Waals surface area contributed by atoms with Crippen LogP contribution in [0.2, 0.25) is 0 Å². The summed E-state index contributed by atoms with van der Waals surface area (Å²) in [5.74, 6) is 0.707. The summed E-state index contributed by atoms with van der Waals surface area (Å²) >= 11 is 0. The summed E-state index contributed by atoms with van der Waals surface area (Å²) in [5, 5.41) is 4.62. The van der Waals surface area contributed by atoms with E-state index in [9.17, 15) is 17.4 Å². The van der Waals surface area contributed by atoms with Crippen molar-refractivity contribution in [3.63, 3.8) is 0 Å². The number of fused-ring (bicyclic) bond motifs is 1. The topological polar surface area (TPSA) is 73.0 Å². The standard InChI is InChI=1S/C17H15F3N5OS/c1-2-23-27(26)14-5-11(10-3-4-10)7-22-16(14)25-9-12-8-21-15(17(18,19)20)6-13(12)24-25/h5-10H,2-4H2,1H3/q-1. The number of alkyl halides is 3. The first-order valence-electron chi connectivity index (χ1n) is 8.39. The fourth-order valence-electron chi connectivity index (χ4n) is 2.76. The van der Waals surface area contributed by atoms with E-state index in [1.54, 1.807) is 19.2 Å². The maximum Gasteiger partial charge on any atom is 0.433 e. The van der Waals surface area contributed by atoms with Crippen LogP contribution in [0.4, 0.5) is 13.2 Å². The molecule has 0 aliphatic heterocycles. The zero-order valence-electron chi connectivity index (χ0n) is 14.3. The second-order valence-corrected chi connectivity index (χ2v) is 7.46. The van der Waals surface area contributed by atoms with Gasteiger partial charge in [0.25, 0.3) is 0 Å². The molecule has 1 fully saturated rings. The largest absolute Gasteiger partial charge is 0.440 e. The second kappa shape index (κ2) is 6.59. The van der Waals surface area contributed by atoms with Crippen LogP contribution in [0.5, 0.6) is 0 Å². The molecule has 0 spiro atoms. The molecule has 3 aromatic rings. The van der Waals surface area contributed by atoms with E-state index in [-0.39, 0.29) is 5.52 Å². The molecular weight excluding hydrogens is 379 g/mol. The minimum absolute atomic E-state index is 0.134. The summed E-state index contributed by atoms with van der Waals surface area (Å²) in [6.45, 7) is 2.15. The molecule has 1 aliphatic rings. The molecule has 0 radical (unpaired) electrons. The Morgan fingerprint density at radius 1 is 1.26 bits per heavy atom. The number of pyridine rings is 2. The van der Waals surface area contributed by atoms with Gasteiger partial charge in [0.05, 0.1) is 5.52 Å². The van der Waals surface area contributed by atoms with Gasteiger partial charge in [0.15, 0.2) is 0 Å². The molecule has 0 aromatic carbocycles. The van der Waals surface area contributed by atoms with Gasteiger partial charge in [-0.3, -0.25) is 4.98 Å². The zero-order valence-corrected chi connectivity index (χ0v) is 15.1. The van der Waals surface area contributed by atoms with E-state index in [0.29, 0.717) is 28.6 Å². The van der Waals surface area contributed by atoms with Gasteiger partial charge >= 0.3 is 6.18 Å². The van der Waals surface area contributed by atoms with Crippen molar-refractivity contribution >= 4 is 21.5 Å². The summed E-state index contributed by atoms with van der Waals surface area (Å²) < 4.78 is 56.5. The molecule has 10 heteroatoms. The molecule has 0 unspecified atom stereocenters. The smallest absolute Gasteiger partial charge is 0.433 e. The van der Waals surface area contributed by atoms with Crippen LogP contribution in [-0.4, -0.2) is 26.3 Å². The van der Waals surface area contributed by atoms with E-state index in [4.69, 9.17) is 0 Å². The summed E-state index contributed by atoms with van der Waals surface area (Å²) in [6.07, 6.45) is 1.92. The predicted octanol–water partition coefficient (Wildman–Crippen LogP) is 4.24. The Morgan fingerprint density at radius 2 is 2.04 bits per heavy atom. The number of hydrogen-bond donors (Lipinski definition) is 0. The molecule has 0 amide bonds. The highest BCUT2D eigenvalue weighted by molar-refractivity contribution is 7.75. The number of nitrogens with zero attached hydrogens (tertiary/aromatic N) is 5. The molecule has 4 rings (SSSR count). The Bertz CT molecular complexity index is 1100. The number of halogens is 3. The maximum absolute atomic E-state index is 12.9. The van der Waals surface area contributed by atoms with Crippen LogP contribution in [0.25, 0.3) is 16.7 Å². The third-order valence-corrected chi connectivity index (χ3v) is 5.40. The van der Waals surface area contributed by atoms with Crippen LogP contribution >= 0.6 is 0 Å². The molecule has 0 N–H and O–H groups in total. The van der Waals surface area contributed by atoms with E-state index in [0.717, 1.165) is 30.7 Å². The molecule has 0 saturated heterocycles. The highest BCUT2D eigenvalue weighted by atomic mass is 32.2. The van der Waals surface area contributed by atoms with Crippen LogP contribution in [0.15, 0.2) is 40.0 Å². The summed E-state index contributed by atoms with van der Waals surface area (Å²) in [5.41, 5.74) is 0.114. The Hall–Kier alpha value is -2.49. The Morgan fingerprint density at radius 3 is 2.70 bits per heavy atom. The highest BCUT2D eigenvalue weighted by Crippen LogP contribution is 2.40. The van der Waals surface area contributed by atoms with Crippen molar-refractivity contribution in [1.82, 2.24) is 19.7 Å². The lowest BCUT2D eigenvalue weighted by Gasteiger charge is -2.13. The molecule has 142 valence electrons. The average molecular weight is 394 g/mol. The van der Waals surface area contributed by atoms with E-state index in [2.05, 4.69) is 19.4 Å². The van der Waals surface area contributed by atoms with Gasteiger partial charge in [-0.25, -0.2) is 9.67 Å². The summed E-state index contributed by atoms with van der Waals surface area (Å²) in [7, 11) is -1.63. The van der Waals surface area contributed by atoms with Crippen molar-refractivity contribution in [3.05, 3.63) is 42.0 Å². The molecule has 0 bridgehead atoms. The van der Waals surface area contributed by atoms with Gasteiger partial charge < -0.3 is 8.57 Å². The lowest BCUT2D eigenvalue weighted by Crippen LogP contribution is -2.07. The van der Waals surface area contributed by atoms with Crippen LogP contribution < -0.4 is 0 Å². The Balaban J connectivity index is 1.84. The van der Waals surface area contributed by atoms with E-state index in [1.807, 2.05) is 0 Å². The van der Waals surface area contributed by atoms with Crippen LogP contribution in [0.1, 0.15) is 36.9 Å². The van der Waals surface area contributed by atoms with Gasteiger partial charge in [-0.05, 0) is 37.3 Å². The van der Waals surface area contributed by atoms with Gasteiger partial charge in [-0.15, -0.1) is 0 Å². The fraction of sp³-hybridized carbons (Fsp3) is 0.353. The van der Waals surface area contributed by atoms with Gasteiger partial charge in [-0.2, -0.15) is 28.9 Å². The van der Waals surface area contributed by atoms with Crippen LogP contribution in [-0.2, 0) is 21.0 Å². The summed E-state index contributed by atoms with van der Waals surface area (Å²) in [4.78, 5) is 8.23. The van der Waals surface area contributed by atoms with Gasteiger partial charge in [0, 0.05) is 30.5 Å². The van der Waals surface area contributed by atoms with Crippen molar-refractivity contribution in [1.29, 1.82) is 0 Å². The molecule has 3 heterocycles. The van der Waals surface area contributed by atoms with E-state index in [1.165, 1.54) is 10.9 Å². The van der Waals surface area contributed by atoms with Gasteiger partial charge in [0.2, 0.25) is 0 Å². The van der Waals surface area contributed by atoms with Gasteiger partial charge in [0.1, 0.15) is 11.5 Å². The molecular formula is C17H15F3N5OS-. The van der Waals surface area contributed by atoms with Crippen molar-refractivity contribution in [2.24, 2.45) is 4.36 Å². The lowest BCUT2D eigenvalue weighted by molar-refractivity contribution is -0.141. The highest BCUT2D eigenvalue weighted by Gasteiger charge is 2.32. The molecule has 1 saturated carbocycles. The third-order valence-electron chi connectivity index (χ3n) is 4.23. The maximum atomic E-state index is 12.9. The van der Waals surface area contributed by atoms with Crippen LogP contribution in [0, 0.1) is 0 Å². The first kappa shape index (κ1) is 17.9. The van der Waals surface area contributed by atoms with Crippen LogP contribution in [0.3, 0.4) is 0 Å². The van der Waals surface area contributed by atoms with E-state index >= 15 is 0 Å². The first-order chi connectivity index (χ1) is 12.9. The van der Waals surface area contributed by atoms with Crippen molar-refractivity contribution in [2.45, 2.75) is 36.8 Å². The quantitative estimate of drug-likeness (QED) is 0.621. The molecule has 0 atom stereocenters. The Labute approximate surface area is 154 Å². The second-order valence-electron chi connectivity index (χ2n) is 6.26. The molecule has 27 heavy (non-hydrogen) atoms. The molecule has 1 aliphatic carbocycles. The fourth-order valence-corrected chi connectivity index (χ4v) is 3.67. The third kappa shape index (κ3) is 3.53. The van der Waals surface area contributed by atoms with Crippen molar-refractivity contribution in [2.75, 3.05) is 6.54 Å². The SMILES string of the molecule is CCN=[S-](=O)c1cc(C2CC2)cnc1-n1cc2cnc(C(F)(F)F)cc2n1. The predicted molar refractivity (Wildman–Crippen MR) is 92.9 cm³/mol. The first-order valence-corrected chi connectivity index (χ1v) is 9.50. The van der Waals surface area contributed by atoms with Crippen molar-refractivity contribution < 1.29 is 17.4 Å². The minimum atomic E-state index is -4.55. The number of rotatable bonds is 4. The lowest BCUT2D eigenvalue weighted by atomic mass is 10.2. The molecule has 6 nitrogen and oxygen atoms in total. The monoisotopic (exact) mass is 394 g/mol. The minimum Gasteiger partial charge on any atom is -0.440 e. The van der Waals surface area contributed by atoms with Gasteiger partial charge in [-0.1, -0.05) is 11.0 Å². The van der Waals surface area contributed by atoms with Crippen molar-refractivity contribution in [3.8, 4) is 5.82 Å². The average Bonchev–Trinajstić information content (AvgIpc) is 3.39. The molecule has 3 aromatic heterocycles. The zero-order chi connectivity index (χ0) is 19.2. The van der Waals surface area contributed by atoms with E-state index < -0.39 is 22.5 Å².